The average molecular weight is 418 g/mol. The van der Waals surface area contributed by atoms with E-state index in [9.17, 15) is 4.57 Å². The number of likely N-dealkylation sites (tertiary alicyclic amines) is 1. The van der Waals surface area contributed by atoms with Crippen LogP contribution < -0.4 is 0 Å². The van der Waals surface area contributed by atoms with Gasteiger partial charge in [0.15, 0.2) is 6.73 Å². The minimum atomic E-state index is -3.71. The van der Waals surface area contributed by atoms with Crippen LogP contribution in [0.15, 0.2) is 60.7 Å². The summed E-state index contributed by atoms with van der Waals surface area (Å²) < 4.78 is 31.8. The van der Waals surface area contributed by atoms with Crippen LogP contribution in [0.5, 0.6) is 0 Å². The smallest absolute Gasteiger partial charge is 0.298 e. The van der Waals surface area contributed by atoms with Crippen molar-refractivity contribution >= 4 is 7.82 Å². The molecule has 1 aliphatic heterocycles. The lowest BCUT2D eigenvalue weighted by Crippen LogP contribution is -2.52. The molecule has 2 atom stereocenters. The SMILES string of the molecule is CCC1CCC[N+]1(CC)COP(=O)(OCc1ccccc1)OCc1ccccc1. The zero-order valence-electron chi connectivity index (χ0n) is 17.5. The van der Waals surface area contributed by atoms with E-state index in [1.54, 1.807) is 0 Å². The molecule has 1 saturated heterocycles. The second-order valence-corrected chi connectivity index (χ2v) is 9.36. The van der Waals surface area contributed by atoms with Gasteiger partial charge in [-0.2, -0.15) is 0 Å². The largest absolute Gasteiger partial charge is 0.479 e. The zero-order chi connectivity index (χ0) is 20.6. The lowest BCUT2D eigenvalue weighted by atomic mass is 10.1. The molecule has 0 amide bonds. The summed E-state index contributed by atoms with van der Waals surface area (Å²) in [4.78, 5) is 0. The van der Waals surface area contributed by atoms with Crippen LogP contribution in [0.2, 0.25) is 0 Å². The van der Waals surface area contributed by atoms with Crippen molar-refractivity contribution in [2.45, 2.75) is 52.4 Å². The molecule has 1 heterocycles. The molecule has 2 aromatic rings. The van der Waals surface area contributed by atoms with Gasteiger partial charge in [-0.25, -0.2) is 9.09 Å². The van der Waals surface area contributed by atoms with Crippen LogP contribution in [-0.4, -0.2) is 30.3 Å². The average Bonchev–Trinajstić information content (AvgIpc) is 3.20. The number of hydrogen-bond donors (Lipinski definition) is 0. The molecule has 5 nitrogen and oxygen atoms in total. The molecule has 0 aromatic heterocycles. The van der Waals surface area contributed by atoms with Crippen molar-refractivity contribution in [2.24, 2.45) is 0 Å². The Labute approximate surface area is 174 Å². The third kappa shape index (κ3) is 6.00. The fourth-order valence-corrected chi connectivity index (χ4v) is 5.33. The van der Waals surface area contributed by atoms with Crippen LogP contribution in [0.3, 0.4) is 0 Å². The van der Waals surface area contributed by atoms with E-state index in [-0.39, 0.29) is 13.2 Å². The van der Waals surface area contributed by atoms with Gasteiger partial charge < -0.3 is 0 Å². The summed E-state index contributed by atoms with van der Waals surface area (Å²) in [5, 5.41) is 0. The van der Waals surface area contributed by atoms with Gasteiger partial charge >= 0.3 is 7.82 Å². The number of quaternary nitrogens is 1. The summed E-state index contributed by atoms with van der Waals surface area (Å²) in [7, 11) is -3.71. The molecule has 1 aliphatic rings. The number of nitrogens with zero attached hydrogens (tertiary/aromatic N) is 1. The minimum Gasteiger partial charge on any atom is -0.298 e. The molecule has 3 rings (SSSR count). The third-order valence-electron chi connectivity index (χ3n) is 5.95. The van der Waals surface area contributed by atoms with Crippen LogP contribution in [0.4, 0.5) is 0 Å². The molecule has 2 unspecified atom stereocenters. The fourth-order valence-electron chi connectivity index (χ4n) is 4.12. The highest BCUT2D eigenvalue weighted by molar-refractivity contribution is 7.48. The summed E-state index contributed by atoms with van der Waals surface area (Å²) in [6, 6.07) is 19.9. The van der Waals surface area contributed by atoms with Gasteiger partial charge in [0.25, 0.3) is 0 Å². The molecule has 6 heteroatoms. The van der Waals surface area contributed by atoms with Crippen molar-refractivity contribution < 1.29 is 22.6 Å². The molecule has 158 valence electrons. The molecule has 0 aliphatic carbocycles. The van der Waals surface area contributed by atoms with Crippen LogP contribution in [0.1, 0.15) is 44.2 Å². The topological polar surface area (TPSA) is 44.8 Å². The summed E-state index contributed by atoms with van der Waals surface area (Å²) in [5.41, 5.74) is 1.87. The summed E-state index contributed by atoms with van der Waals surface area (Å²) in [5.74, 6) is 0. The first-order valence-corrected chi connectivity index (χ1v) is 12.0. The van der Waals surface area contributed by atoms with E-state index in [4.69, 9.17) is 13.6 Å². The van der Waals surface area contributed by atoms with Gasteiger partial charge in [-0.1, -0.05) is 67.6 Å². The first-order valence-electron chi connectivity index (χ1n) is 10.6. The molecule has 0 radical (unpaired) electrons. The zero-order valence-corrected chi connectivity index (χ0v) is 18.4. The van der Waals surface area contributed by atoms with Crippen molar-refractivity contribution in [3.8, 4) is 0 Å². The Kier molecular flexibility index (Phi) is 8.05. The van der Waals surface area contributed by atoms with E-state index in [1.165, 1.54) is 12.8 Å². The molecule has 0 N–H and O–H groups in total. The van der Waals surface area contributed by atoms with E-state index in [0.717, 1.165) is 35.1 Å². The summed E-state index contributed by atoms with van der Waals surface area (Å²) >= 11 is 0. The Balaban J connectivity index is 1.69. The number of benzene rings is 2. The van der Waals surface area contributed by atoms with Gasteiger partial charge in [-0.05, 0) is 24.5 Å². The van der Waals surface area contributed by atoms with E-state index < -0.39 is 7.82 Å². The van der Waals surface area contributed by atoms with Crippen molar-refractivity contribution in [3.63, 3.8) is 0 Å². The van der Waals surface area contributed by atoms with E-state index in [0.29, 0.717) is 12.8 Å². The predicted molar refractivity (Wildman–Crippen MR) is 115 cm³/mol. The van der Waals surface area contributed by atoms with Gasteiger partial charge in [0.2, 0.25) is 0 Å². The van der Waals surface area contributed by atoms with Crippen molar-refractivity contribution in [2.75, 3.05) is 19.8 Å². The lowest BCUT2D eigenvalue weighted by molar-refractivity contribution is -0.952. The van der Waals surface area contributed by atoms with Crippen molar-refractivity contribution in [3.05, 3.63) is 71.8 Å². The number of phosphoric acid groups is 1. The Morgan fingerprint density at radius 1 is 0.897 bits per heavy atom. The highest BCUT2D eigenvalue weighted by atomic mass is 31.2. The normalized spacial score (nSPS) is 22.1. The van der Waals surface area contributed by atoms with Crippen molar-refractivity contribution in [1.29, 1.82) is 0 Å². The predicted octanol–water partition coefficient (Wildman–Crippen LogP) is 5.91. The van der Waals surface area contributed by atoms with Gasteiger partial charge in [-0.3, -0.25) is 13.5 Å². The lowest BCUT2D eigenvalue weighted by Gasteiger charge is -2.38. The first-order chi connectivity index (χ1) is 14.1. The standard InChI is InChI=1S/C23H33NO4P/c1-3-23-16-11-17-24(23,4-2)20-28-29(25,26-18-21-12-7-5-8-13-21)27-19-22-14-9-6-10-15-22/h5-10,12-15,23H,3-4,11,16-20H2,1-2H3/q+1. The highest BCUT2D eigenvalue weighted by Crippen LogP contribution is 2.52. The van der Waals surface area contributed by atoms with Crippen LogP contribution >= 0.6 is 7.82 Å². The number of hydrogen-bond acceptors (Lipinski definition) is 4. The van der Waals surface area contributed by atoms with Crippen LogP contribution in [-0.2, 0) is 31.4 Å². The second kappa shape index (κ2) is 10.5. The van der Waals surface area contributed by atoms with Gasteiger partial charge in [0.1, 0.15) is 0 Å². The van der Waals surface area contributed by atoms with Crippen LogP contribution in [0.25, 0.3) is 0 Å². The van der Waals surface area contributed by atoms with Gasteiger partial charge in [0, 0.05) is 12.8 Å². The number of phosphoric ester groups is 1. The quantitative estimate of drug-likeness (QED) is 0.336. The van der Waals surface area contributed by atoms with E-state index in [1.807, 2.05) is 60.7 Å². The Hall–Kier alpha value is -1.49. The monoisotopic (exact) mass is 418 g/mol. The highest BCUT2D eigenvalue weighted by Gasteiger charge is 2.42. The fraction of sp³-hybridized carbons (Fsp3) is 0.478. The molecule has 0 saturated carbocycles. The van der Waals surface area contributed by atoms with E-state index >= 15 is 0 Å². The Morgan fingerprint density at radius 3 is 1.93 bits per heavy atom. The van der Waals surface area contributed by atoms with Crippen LogP contribution in [0, 0.1) is 0 Å². The summed E-state index contributed by atoms with van der Waals surface area (Å²) in [6.07, 6.45) is 3.46. The van der Waals surface area contributed by atoms with E-state index in [2.05, 4.69) is 13.8 Å². The molecule has 2 aromatic carbocycles. The van der Waals surface area contributed by atoms with Gasteiger partial charge in [0.05, 0.1) is 32.3 Å². The molecular formula is C23H33NO4P+. The first kappa shape index (κ1) is 22.2. The Morgan fingerprint density at radius 2 is 1.45 bits per heavy atom. The summed E-state index contributed by atoms with van der Waals surface area (Å²) in [6.45, 7) is 7.14. The minimum absolute atomic E-state index is 0.191. The molecule has 0 bridgehead atoms. The maximum absolute atomic E-state index is 13.5. The molecular weight excluding hydrogens is 385 g/mol. The number of rotatable bonds is 11. The molecule has 29 heavy (non-hydrogen) atoms. The Bertz CT molecular complexity index is 738. The molecule has 1 fully saturated rings. The van der Waals surface area contributed by atoms with Crippen molar-refractivity contribution in [1.82, 2.24) is 0 Å². The third-order valence-corrected chi connectivity index (χ3v) is 7.28. The molecule has 0 spiro atoms. The van der Waals surface area contributed by atoms with Gasteiger partial charge in [-0.15, -0.1) is 0 Å². The second-order valence-electron chi connectivity index (χ2n) is 7.69. The maximum Gasteiger partial charge on any atom is 0.479 e. The maximum atomic E-state index is 13.5.